The van der Waals surface area contributed by atoms with Crippen LogP contribution in [0.15, 0.2) is 18.2 Å². The first kappa shape index (κ1) is 15.0. The smallest absolute Gasteiger partial charge is 0.119 e. The molecule has 0 aliphatic carbocycles. The molecule has 0 saturated heterocycles. The standard InChI is InChI=1S/C15H25NO2/c1-4-18-15-6-5-13(12(3)8-15)7-11(2)14(9-16)10-17/h5-6,8,11,14,17H,4,7,9-10,16H2,1-3H3. The van der Waals surface area contributed by atoms with E-state index in [1.54, 1.807) is 0 Å². The van der Waals surface area contributed by atoms with Crippen LogP contribution in [0, 0.1) is 18.8 Å². The first-order valence-corrected chi connectivity index (χ1v) is 6.65. The van der Waals surface area contributed by atoms with E-state index < -0.39 is 0 Å². The molecular formula is C15H25NO2. The molecule has 1 aromatic rings. The lowest BCUT2D eigenvalue weighted by Gasteiger charge is -2.21. The Morgan fingerprint density at radius 1 is 1.39 bits per heavy atom. The molecule has 3 heteroatoms. The SMILES string of the molecule is CCOc1ccc(CC(C)C(CN)CO)c(C)c1. The van der Waals surface area contributed by atoms with Crippen LogP contribution in [0.25, 0.3) is 0 Å². The van der Waals surface area contributed by atoms with Crippen molar-refractivity contribution in [2.75, 3.05) is 19.8 Å². The summed E-state index contributed by atoms with van der Waals surface area (Å²) >= 11 is 0. The van der Waals surface area contributed by atoms with Crippen molar-refractivity contribution in [3.8, 4) is 5.75 Å². The number of hydrogen-bond acceptors (Lipinski definition) is 3. The van der Waals surface area contributed by atoms with Gasteiger partial charge in [-0.1, -0.05) is 13.0 Å². The number of hydrogen-bond donors (Lipinski definition) is 2. The van der Waals surface area contributed by atoms with Gasteiger partial charge in [0.1, 0.15) is 5.75 Å². The van der Waals surface area contributed by atoms with Gasteiger partial charge in [0, 0.05) is 6.61 Å². The maximum atomic E-state index is 9.26. The van der Waals surface area contributed by atoms with Gasteiger partial charge in [-0.05, 0) is 61.9 Å². The van der Waals surface area contributed by atoms with Crippen LogP contribution in [-0.2, 0) is 6.42 Å². The van der Waals surface area contributed by atoms with Gasteiger partial charge >= 0.3 is 0 Å². The van der Waals surface area contributed by atoms with Crippen LogP contribution in [-0.4, -0.2) is 24.9 Å². The van der Waals surface area contributed by atoms with Crippen molar-refractivity contribution in [1.29, 1.82) is 0 Å². The molecule has 0 saturated carbocycles. The van der Waals surface area contributed by atoms with Crippen LogP contribution in [0.5, 0.6) is 5.75 Å². The topological polar surface area (TPSA) is 55.5 Å². The van der Waals surface area contributed by atoms with Crippen molar-refractivity contribution < 1.29 is 9.84 Å². The van der Waals surface area contributed by atoms with Gasteiger partial charge in [0.15, 0.2) is 0 Å². The van der Waals surface area contributed by atoms with Crippen LogP contribution in [0.1, 0.15) is 25.0 Å². The van der Waals surface area contributed by atoms with E-state index >= 15 is 0 Å². The predicted octanol–water partition coefficient (Wildman–Crippen LogP) is 2.14. The van der Waals surface area contributed by atoms with E-state index in [-0.39, 0.29) is 12.5 Å². The fourth-order valence-corrected chi connectivity index (χ4v) is 2.15. The van der Waals surface area contributed by atoms with Gasteiger partial charge < -0.3 is 15.6 Å². The van der Waals surface area contributed by atoms with Gasteiger partial charge in [-0.3, -0.25) is 0 Å². The van der Waals surface area contributed by atoms with E-state index in [1.807, 2.05) is 13.0 Å². The first-order chi connectivity index (χ1) is 8.62. The maximum Gasteiger partial charge on any atom is 0.119 e. The van der Waals surface area contributed by atoms with Crippen LogP contribution >= 0.6 is 0 Å². The summed E-state index contributed by atoms with van der Waals surface area (Å²) in [4.78, 5) is 0. The Labute approximate surface area is 110 Å². The number of benzene rings is 1. The number of aryl methyl sites for hydroxylation is 1. The van der Waals surface area contributed by atoms with Crippen molar-refractivity contribution in [3.63, 3.8) is 0 Å². The zero-order valence-corrected chi connectivity index (χ0v) is 11.6. The lowest BCUT2D eigenvalue weighted by Crippen LogP contribution is -2.26. The third kappa shape index (κ3) is 4.00. The Bertz CT molecular complexity index is 362. The van der Waals surface area contributed by atoms with Crippen molar-refractivity contribution in [2.45, 2.75) is 27.2 Å². The van der Waals surface area contributed by atoms with E-state index in [0.717, 1.165) is 12.2 Å². The van der Waals surface area contributed by atoms with Crippen LogP contribution in [0.3, 0.4) is 0 Å². The summed E-state index contributed by atoms with van der Waals surface area (Å²) in [5.41, 5.74) is 8.20. The molecule has 0 bridgehead atoms. The van der Waals surface area contributed by atoms with Crippen LogP contribution < -0.4 is 10.5 Å². The zero-order valence-electron chi connectivity index (χ0n) is 11.6. The molecule has 2 unspecified atom stereocenters. The number of aliphatic hydroxyl groups is 1. The highest BCUT2D eigenvalue weighted by Gasteiger charge is 2.16. The Morgan fingerprint density at radius 3 is 2.61 bits per heavy atom. The highest BCUT2D eigenvalue weighted by molar-refractivity contribution is 5.35. The lowest BCUT2D eigenvalue weighted by atomic mass is 9.87. The van der Waals surface area contributed by atoms with Crippen molar-refractivity contribution >= 4 is 0 Å². The van der Waals surface area contributed by atoms with E-state index in [0.29, 0.717) is 19.1 Å². The quantitative estimate of drug-likeness (QED) is 0.780. The molecule has 0 aromatic heterocycles. The number of rotatable bonds is 7. The lowest BCUT2D eigenvalue weighted by molar-refractivity contribution is 0.187. The minimum absolute atomic E-state index is 0.160. The third-order valence-corrected chi connectivity index (χ3v) is 3.51. The minimum Gasteiger partial charge on any atom is -0.494 e. The molecule has 0 aliphatic heterocycles. The average molecular weight is 251 g/mol. The third-order valence-electron chi connectivity index (χ3n) is 3.51. The van der Waals surface area contributed by atoms with Crippen LogP contribution in [0.4, 0.5) is 0 Å². The van der Waals surface area contributed by atoms with Crippen molar-refractivity contribution in [2.24, 2.45) is 17.6 Å². The highest BCUT2D eigenvalue weighted by Crippen LogP contribution is 2.22. The van der Waals surface area contributed by atoms with Crippen LogP contribution in [0.2, 0.25) is 0 Å². The summed E-state index contributed by atoms with van der Waals surface area (Å²) in [7, 11) is 0. The Morgan fingerprint density at radius 2 is 2.11 bits per heavy atom. The summed E-state index contributed by atoms with van der Waals surface area (Å²) < 4.78 is 5.48. The largest absolute Gasteiger partial charge is 0.494 e. The molecule has 0 amide bonds. The van der Waals surface area contributed by atoms with Gasteiger partial charge in [0.05, 0.1) is 6.61 Å². The molecule has 0 radical (unpaired) electrons. The second-order valence-corrected chi connectivity index (χ2v) is 4.88. The Kier molecular flexibility index (Phi) is 6.16. The van der Waals surface area contributed by atoms with Gasteiger partial charge in [-0.25, -0.2) is 0 Å². The summed E-state index contributed by atoms with van der Waals surface area (Å²) in [5, 5.41) is 9.26. The van der Waals surface area contributed by atoms with Crippen molar-refractivity contribution in [3.05, 3.63) is 29.3 Å². The number of nitrogens with two attached hydrogens (primary N) is 1. The molecular weight excluding hydrogens is 226 g/mol. The van der Waals surface area contributed by atoms with E-state index in [4.69, 9.17) is 10.5 Å². The molecule has 3 N–H and O–H groups in total. The second-order valence-electron chi connectivity index (χ2n) is 4.88. The fraction of sp³-hybridized carbons (Fsp3) is 0.600. The van der Waals surface area contributed by atoms with Gasteiger partial charge in [0.2, 0.25) is 0 Å². The van der Waals surface area contributed by atoms with Gasteiger partial charge in [-0.2, -0.15) is 0 Å². The fourth-order valence-electron chi connectivity index (χ4n) is 2.15. The predicted molar refractivity (Wildman–Crippen MR) is 74.8 cm³/mol. The Hall–Kier alpha value is -1.06. The summed E-state index contributed by atoms with van der Waals surface area (Å²) in [6, 6.07) is 6.19. The molecule has 2 atom stereocenters. The molecule has 0 heterocycles. The second kappa shape index (κ2) is 7.39. The highest BCUT2D eigenvalue weighted by atomic mass is 16.5. The van der Waals surface area contributed by atoms with E-state index in [1.165, 1.54) is 11.1 Å². The molecule has 1 aromatic carbocycles. The monoisotopic (exact) mass is 251 g/mol. The Balaban J connectivity index is 2.72. The van der Waals surface area contributed by atoms with Crippen molar-refractivity contribution in [1.82, 2.24) is 0 Å². The zero-order chi connectivity index (χ0) is 13.5. The summed E-state index contributed by atoms with van der Waals surface area (Å²) in [5.74, 6) is 1.48. The molecule has 0 spiro atoms. The molecule has 18 heavy (non-hydrogen) atoms. The van der Waals surface area contributed by atoms with Gasteiger partial charge in [-0.15, -0.1) is 0 Å². The molecule has 0 fully saturated rings. The normalized spacial score (nSPS) is 14.3. The van der Waals surface area contributed by atoms with Gasteiger partial charge in [0.25, 0.3) is 0 Å². The molecule has 0 aliphatic rings. The molecule has 3 nitrogen and oxygen atoms in total. The minimum atomic E-state index is 0.160. The maximum absolute atomic E-state index is 9.26. The molecule has 102 valence electrons. The van der Waals surface area contributed by atoms with E-state index in [9.17, 15) is 5.11 Å². The molecule has 1 rings (SSSR count). The summed E-state index contributed by atoms with van der Waals surface area (Å²) in [6.45, 7) is 7.61. The summed E-state index contributed by atoms with van der Waals surface area (Å²) in [6.07, 6.45) is 0.945. The number of aliphatic hydroxyl groups excluding tert-OH is 1. The van der Waals surface area contributed by atoms with E-state index in [2.05, 4.69) is 26.0 Å². The average Bonchev–Trinajstić information content (AvgIpc) is 2.34. The number of ether oxygens (including phenoxy) is 1. The first-order valence-electron chi connectivity index (χ1n) is 6.65.